The Balaban J connectivity index is 2.01. The molecule has 3 N–H and O–H groups in total. The fourth-order valence-electron chi connectivity index (χ4n) is 2.75. The zero-order valence-corrected chi connectivity index (χ0v) is 14.3. The van der Waals surface area contributed by atoms with Crippen molar-refractivity contribution in [3.05, 3.63) is 47.7 Å². The molecule has 0 bridgehead atoms. The van der Waals surface area contributed by atoms with Crippen LogP contribution in [0, 0.1) is 6.92 Å². The molecule has 4 rings (SSSR count). The summed E-state index contributed by atoms with van der Waals surface area (Å²) in [6, 6.07) is 10.3. The van der Waals surface area contributed by atoms with Crippen LogP contribution in [0.5, 0.6) is 11.5 Å². The Morgan fingerprint density at radius 2 is 2.00 bits per heavy atom. The number of thiazole rings is 1. The molecule has 7 nitrogen and oxygen atoms in total. The van der Waals surface area contributed by atoms with Crippen LogP contribution in [0.1, 0.15) is 16.1 Å². The molecule has 0 aliphatic carbocycles. The lowest BCUT2D eigenvalue weighted by molar-refractivity contribution is -0.268. The first-order chi connectivity index (χ1) is 12.5. The number of phenolic OH excluding ortho intramolecular Hbond substituents is 1. The first-order valence-corrected chi connectivity index (χ1v) is 8.46. The lowest BCUT2D eigenvalue weighted by atomic mass is 10.0. The summed E-state index contributed by atoms with van der Waals surface area (Å²) < 4.78 is 0.898. The third kappa shape index (κ3) is 2.39. The minimum absolute atomic E-state index is 0.116. The number of para-hydroxylation sites is 1. The first kappa shape index (κ1) is 16.1. The molecule has 0 spiro atoms. The number of aromatic amines is 1. The molecule has 0 saturated carbocycles. The lowest BCUT2D eigenvalue weighted by Gasteiger charge is -2.17. The van der Waals surface area contributed by atoms with E-state index in [0.29, 0.717) is 5.01 Å². The van der Waals surface area contributed by atoms with Crippen LogP contribution in [-0.4, -0.2) is 31.4 Å². The van der Waals surface area contributed by atoms with Crippen LogP contribution in [0.4, 0.5) is 0 Å². The topological polar surface area (TPSA) is 122 Å². The van der Waals surface area contributed by atoms with Crippen molar-refractivity contribution in [3.63, 3.8) is 0 Å². The highest BCUT2D eigenvalue weighted by Gasteiger charge is 2.24. The number of carboxylic acids is 1. The van der Waals surface area contributed by atoms with Gasteiger partial charge in [-0.3, -0.25) is 5.10 Å². The van der Waals surface area contributed by atoms with Gasteiger partial charge in [0, 0.05) is 0 Å². The van der Waals surface area contributed by atoms with Gasteiger partial charge in [-0.25, -0.2) is 9.78 Å². The Morgan fingerprint density at radius 1 is 1.23 bits per heavy atom. The third-order valence-corrected chi connectivity index (χ3v) is 5.17. The average Bonchev–Trinajstić information content (AvgIpc) is 3.23. The number of aromatic hydroxyl groups is 1. The Hall–Kier alpha value is -3.39. The molecular weight excluding hydrogens is 354 g/mol. The van der Waals surface area contributed by atoms with E-state index in [-0.39, 0.29) is 33.8 Å². The van der Waals surface area contributed by atoms with Crippen LogP contribution in [0.25, 0.3) is 32.0 Å². The fraction of sp³-hybridized carbons (Fsp3) is 0.0556. The van der Waals surface area contributed by atoms with Gasteiger partial charge in [-0.05, 0) is 42.3 Å². The second kappa shape index (κ2) is 5.85. The van der Waals surface area contributed by atoms with E-state index in [1.165, 1.54) is 30.4 Å². The number of hydrogen-bond acceptors (Lipinski definition) is 6. The molecule has 2 aromatic carbocycles. The number of benzene rings is 2. The quantitative estimate of drug-likeness (QED) is 0.512. The van der Waals surface area contributed by atoms with Gasteiger partial charge in [0.1, 0.15) is 16.5 Å². The molecule has 0 atom stereocenters. The van der Waals surface area contributed by atoms with Crippen molar-refractivity contribution in [1.29, 1.82) is 0 Å². The minimum atomic E-state index is -1.19. The van der Waals surface area contributed by atoms with E-state index in [0.717, 1.165) is 10.2 Å². The highest BCUT2D eigenvalue weighted by molar-refractivity contribution is 7.21. The first-order valence-electron chi connectivity index (χ1n) is 7.65. The minimum Gasteiger partial charge on any atom is -0.872 e. The van der Waals surface area contributed by atoms with Gasteiger partial charge in [0.15, 0.2) is 5.69 Å². The number of carbonyl (C=O) groups is 1. The molecule has 8 heteroatoms. The van der Waals surface area contributed by atoms with E-state index < -0.39 is 11.7 Å². The molecule has 0 amide bonds. The summed E-state index contributed by atoms with van der Waals surface area (Å²) >= 11 is 1.32. The number of fused-ring (bicyclic) bond motifs is 1. The van der Waals surface area contributed by atoms with E-state index >= 15 is 0 Å². The summed E-state index contributed by atoms with van der Waals surface area (Å²) in [6.45, 7) is 1.50. The van der Waals surface area contributed by atoms with Crippen molar-refractivity contribution in [1.82, 2.24) is 15.2 Å². The molecule has 2 heterocycles. The SMILES string of the molecule is Cc1c(O)ccc(-c2n[nH]c(C(=O)O)c2-c2nc3ccccc3s2)c1[O-]. The number of phenols is 1. The number of aromatic nitrogens is 3. The molecule has 26 heavy (non-hydrogen) atoms. The van der Waals surface area contributed by atoms with Gasteiger partial charge < -0.3 is 15.3 Å². The van der Waals surface area contributed by atoms with Crippen molar-refractivity contribution in [2.24, 2.45) is 0 Å². The second-order valence-electron chi connectivity index (χ2n) is 5.70. The number of nitrogens with zero attached hydrogens (tertiary/aromatic N) is 2. The highest BCUT2D eigenvalue weighted by Crippen LogP contribution is 2.41. The summed E-state index contributed by atoms with van der Waals surface area (Å²) in [5, 5.41) is 38.8. The molecule has 0 aliphatic heterocycles. The number of nitrogens with one attached hydrogen (secondary N) is 1. The van der Waals surface area contributed by atoms with Crippen LogP contribution >= 0.6 is 11.3 Å². The molecule has 0 aliphatic rings. The van der Waals surface area contributed by atoms with Crippen LogP contribution in [0.2, 0.25) is 0 Å². The van der Waals surface area contributed by atoms with Crippen molar-refractivity contribution in [2.75, 3.05) is 0 Å². The van der Waals surface area contributed by atoms with E-state index in [2.05, 4.69) is 15.2 Å². The van der Waals surface area contributed by atoms with E-state index in [1.54, 1.807) is 0 Å². The van der Waals surface area contributed by atoms with Crippen molar-refractivity contribution < 1.29 is 20.1 Å². The van der Waals surface area contributed by atoms with Gasteiger partial charge in [0.2, 0.25) is 0 Å². The Morgan fingerprint density at radius 3 is 2.73 bits per heavy atom. The number of H-pyrrole nitrogens is 1. The monoisotopic (exact) mass is 366 g/mol. The standard InChI is InChI=1S/C18H13N3O4S/c1-8-11(22)7-6-9(16(8)23)14-13(15(18(24)25)21-20-14)17-19-10-4-2-3-5-12(10)26-17/h2-7,22-23H,1H3,(H,20,21)(H,24,25)/p-1. The molecule has 0 radical (unpaired) electrons. The number of carboxylic acid groups (broad SMARTS) is 1. The van der Waals surface area contributed by atoms with Crippen LogP contribution in [-0.2, 0) is 0 Å². The second-order valence-corrected chi connectivity index (χ2v) is 6.73. The van der Waals surface area contributed by atoms with Crippen molar-refractivity contribution in [2.45, 2.75) is 6.92 Å². The lowest BCUT2D eigenvalue weighted by Crippen LogP contribution is -2.00. The average molecular weight is 366 g/mol. The number of rotatable bonds is 3. The molecule has 0 unspecified atom stereocenters. The summed E-state index contributed by atoms with van der Waals surface area (Å²) in [5.74, 6) is -1.72. The van der Waals surface area contributed by atoms with Gasteiger partial charge >= 0.3 is 5.97 Å². The maximum absolute atomic E-state index is 12.5. The molecular formula is C18H12N3O4S-. The third-order valence-electron chi connectivity index (χ3n) is 4.12. The van der Waals surface area contributed by atoms with Crippen LogP contribution in [0.3, 0.4) is 0 Å². The smallest absolute Gasteiger partial charge is 0.354 e. The van der Waals surface area contributed by atoms with Crippen molar-refractivity contribution >= 4 is 27.5 Å². The number of hydrogen-bond donors (Lipinski definition) is 3. The molecule has 4 aromatic rings. The summed E-state index contributed by atoms with van der Waals surface area (Å²) in [6.07, 6.45) is 0. The zero-order chi connectivity index (χ0) is 18.4. The summed E-state index contributed by atoms with van der Waals surface area (Å²) in [5.41, 5.74) is 1.45. The zero-order valence-electron chi connectivity index (χ0n) is 13.5. The number of aromatic carboxylic acids is 1. The van der Waals surface area contributed by atoms with E-state index in [9.17, 15) is 20.1 Å². The molecule has 0 fully saturated rings. The van der Waals surface area contributed by atoms with Gasteiger partial charge in [-0.15, -0.1) is 11.3 Å². The maximum Gasteiger partial charge on any atom is 0.354 e. The fourth-order valence-corrected chi connectivity index (χ4v) is 3.76. The molecule has 130 valence electrons. The Kier molecular flexibility index (Phi) is 3.62. The van der Waals surface area contributed by atoms with Gasteiger partial charge in [-0.2, -0.15) is 5.10 Å². The van der Waals surface area contributed by atoms with Crippen LogP contribution in [0.15, 0.2) is 36.4 Å². The predicted octanol–water partition coefficient (Wildman–Crippen LogP) is 3.14. The van der Waals surface area contributed by atoms with Gasteiger partial charge in [0.25, 0.3) is 0 Å². The van der Waals surface area contributed by atoms with Gasteiger partial charge in [-0.1, -0.05) is 17.9 Å². The largest absolute Gasteiger partial charge is 0.872 e. The summed E-state index contributed by atoms with van der Waals surface area (Å²) in [7, 11) is 0. The maximum atomic E-state index is 12.5. The van der Waals surface area contributed by atoms with Crippen molar-refractivity contribution in [3.8, 4) is 33.3 Å². The molecule has 0 saturated heterocycles. The normalized spacial score (nSPS) is 11.1. The molecule has 2 aromatic heterocycles. The van der Waals surface area contributed by atoms with Crippen LogP contribution < -0.4 is 5.11 Å². The predicted molar refractivity (Wildman–Crippen MR) is 95.4 cm³/mol. The van der Waals surface area contributed by atoms with E-state index in [4.69, 9.17) is 0 Å². The Bertz CT molecular complexity index is 1130. The highest BCUT2D eigenvalue weighted by atomic mass is 32.1. The Labute approximate surface area is 151 Å². The van der Waals surface area contributed by atoms with E-state index in [1.807, 2.05) is 24.3 Å². The van der Waals surface area contributed by atoms with Gasteiger partial charge in [0.05, 0.1) is 15.8 Å². The summed E-state index contributed by atoms with van der Waals surface area (Å²) in [4.78, 5) is 16.1.